The van der Waals surface area contributed by atoms with Crippen molar-refractivity contribution in [3.63, 3.8) is 0 Å². The lowest BCUT2D eigenvalue weighted by atomic mass is 9.65. The Morgan fingerprint density at radius 1 is 1.14 bits per heavy atom. The summed E-state index contributed by atoms with van der Waals surface area (Å²) in [5.74, 6) is -0.994. The minimum atomic E-state index is -1.06. The molecule has 10 heteroatoms. The van der Waals surface area contributed by atoms with E-state index in [2.05, 4.69) is 14.9 Å². The summed E-state index contributed by atoms with van der Waals surface area (Å²) in [5, 5.41) is 12.1. The summed E-state index contributed by atoms with van der Waals surface area (Å²) < 4.78 is 7.62. The minimum absolute atomic E-state index is 0.0400. The number of benzene rings is 1. The quantitative estimate of drug-likeness (QED) is 0.525. The van der Waals surface area contributed by atoms with E-state index in [0.717, 1.165) is 41.6 Å². The van der Waals surface area contributed by atoms with E-state index in [1.165, 1.54) is 12.1 Å². The van der Waals surface area contributed by atoms with Gasteiger partial charge < -0.3 is 19.3 Å². The molecule has 1 spiro atoms. The van der Waals surface area contributed by atoms with Crippen LogP contribution in [-0.4, -0.2) is 56.2 Å². The van der Waals surface area contributed by atoms with E-state index in [-0.39, 0.29) is 28.3 Å². The van der Waals surface area contributed by atoms with Crippen LogP contribution in [0, 0.1) is 5.41 Å². The number of carboxylic acids is 1. The van der Waals surface area contributed by atoms with Crippen molar-refractivity contribution >= 4 is 46.3 Å². The highest BCUT2D eigenvalue weighted by Gasteiger charge is 2.51. The average Bonchev–Trinajstić information content (AvgIpc) is 3.48. The molecule has 35 heavy (non-hydrogen) atoms. The molecule has 2 amide bonds. The fraction of sp³-hybridized carbons (Fsp3) is 0.440. The number of thiophene rings is 1. The number of nitrogens with zero attached hydrogens (tertiary/aromatic N) is 3. The van der Waals surface area contributed by atoms with Gasteiger partial charge in [-0.05, 0) is 69.7 Å². The summed E-state index contributed by atoms with van der Waals surface area (Å²) in [6.45, 7) is 6.96. The second-order valence-corrected chi connectivity index (χ2v) is 11.5. The standard InChI is InChI=1S/C25H28N4O5S/c1-24(2,3)34-23(33)28-11-10-25(14-28)12-15(13-25)29-17-7-5-4-6-16(17)26-22(29)27-20(30)18-8-9-19(35-18)21(31)32/h4-9,15H,10-14H2,1-3H3,(H,31,32)(H,26,27,30)/t15-,25-. The van der Waals surface area contributed by atoms with Crippen LogP contribution in [0.2, 0.25) is 0 Å². The van der Waals surface area contributed by atoms with Crippen LogP contribution >= 0.6 is 11.3 Å². The molecule has 1 saturated heterocycles. The third kappa shape index (κ3) is 4.50. The van der Waals surface area contributed by atoms with Crippen molar-refractivity contribution in [2.24, 2.45) is 5.41 Å². The van der Waals surface area contributed by atoms with Crippen LogP contribution in [0.5, 0.6) is 0 Å². The molecule has 1 aliphatic heterocycles. The molecule has 0 atom stereocenters. The minimum Gasteiger partial charge on any atom is -0.477 e. The van der Waals surface area contributed by atoms with Gasteiger partial charge in [-0.15, -0.1) is 11.3 Å². The predicted molar refractivity (Wildman–Crippen MR) is 132 cm³/mol. The van der Waals surface area contributed by atoms with Crippen LogP contribution in [0.1, 0.15) is 65.4 Å². The van der Waals surface area contributed by atoms with Gasteiger partial charge in [0.15, 0.2) is 0 Å². The molecule has 0 bridgehead atoms. The smallest absolute Gasteiger partial charge is 0.410 e. The molecule has 9 nitrogen and oxygen atoms in total. The van der Waals surface area contributed by atoms with Gasteiger partial charge >= 0.3 is 12.1 Å². The van der Waals surface area contributed by atoms with Crippen LogP contribution in [0.15, 0.2) is 36.4 Å². The number of anilines is 1. The summed E-state index contributed by atoms with van der Waals surface area (Å²) in [6, 6.07) is 10.8. The summed E-state index contributed by atoms with van der Waals surface area (Å²) in [5.41, 5.74) is 1.23. The third-order valence-corrected chi connectivity index (χ3v) is 7.73. The Labute approximate surface area is 206 Å². The molecule has 1 aromatic carbocycles. The molecule has 1 saturated carbocycles. The molecular formula is C25H28N4O5S. The van der Waals surface area contributed by atoms with Gasteiger partial charge in [-0.3, -0.25) is 10.1 Å². The zero-order valence-electron chi connectivity index (χ0n) is 19.9. The largest absolute Gasteiger partial charge is 0.477 e. The Morgan fingerprint density at radius 2 is 1.86 bits per heavy atom. The first-order valence-corrected chi connectivity index (χ1v) is 12.4. The number of aromatic nitrogens is 2. The number of hydrogen-bond acceptors (Lipinski definition) is 6. The van der Waals surface area contributed by atoms with Crippen molar-refractivity contribution in [3.05, 3.63) is 46.2 Å². The van der Waals surface area contributed by atoms with Gasteiger partial charge in [0.1, 0.15) is 10.5 Å². The summed E-state index contributed by atoms with van der Waals surface area (Å²) in [4.78, 5) is 43.5. The van der Waals surface area contributed by atoms with Crippen molar-refractivity contribution < 1.29 is 24.2 Å². The van der Waals surface area contributed by atoms with Crippen molar-refractivity contribution in [2.75, 3.05) is 18.4 Å². The second-order valence-electron chi connectivity index (χ2n) is 10.4. The van der Waals surface area contributed by atoms with Gasteiger partial charge in [-0.25, -0.2) is 14.6 Å². The lowest BCUT2D eigenvalue weighted by Gasteiger charge is -2.46. The molecule has 184 valence electrons. The summed E-state index contributed by atoms with van der Waals surface area (Å²) in [6.07, 6.45) is 2.40. The summed E-state index contributed by atoms with van der Waals surface area (Å²) >= 11 is 0.933. The normalized spacial score (nSPS) is 21.8. The average molecular weight is 497 g/mol. The molecule has 0 unspecified atom stereocenters. The molecule has 1 aliphatic carbocycles. The Kier molecular flexibility index (Phi) is 5.58. The molecule has 0 radical (unpaired) electrons. The van der Waals surface area contributed by atoms with Crippen LogP contribution in [-0.2, 0) is 4.74 Å². The number of likely N-dealkylation sites (tertiary alicyclic amines) is 1. The van der Waals surface area contributed by atoms with Crippen LogP contribution < -0.4 is 5.32 Å². The highest BCUT2D eigenvalue weighted by atomic mass is 32.1. The van der Waals surface area contributed by atoms with Crippen molar-refractivity contribution in [3.8, 4) is 0 Å². The highest BCUT2D eigenvalue weighted by Crippen LogP contribution is 2.55. The highest BCUT2D eigenvalue weighted by molar-refractivity contribution is 7.15. The van der Waals surface area contributed by atoms with E-state index in [9.17, 15) is 14.4 Å². The maximum atomic E-state index is 12.9. The molecule has 2 N–H and O–H groups in total. The maximum absolute atomic E-state index is 12.9. The fourth-order valence-corrected chi connectivity index (χ4v) is 5.85. The van der Waals surface area contributed by atoms with E-state index in [4.69, 9.17) is 9.84 Å². The number of nitrogens with one attached hydrogen (secondary N) is 1. The van der Waals surface area contributed by atoms with Crippen molar-refractivity contribution in [1.29, 1.82) is 0 Å². The molecule has 2 fully saturated rings. The number of carbonyl (C=O) groups excluding carboxylic acids is 2. The molecule has 2 aliphatic rings. The number of ether oxygens (including phenoxy) is 1. The van der Waals surface area contributed by atoms with Gasteiger partial charge in [0, 0.05) is 19.1 Å². The van der Waals surface area contributed by atoms with E-state index >= 15 is 0 Å². The van der Waals surface area contributed by atoms with E-state index in [1.807, 2.05) is 45.0 Å². The van der Waals surface area contributed by atoms with Crippen molar-refractivity contribution in [1.82, 2.24) is 14.5 Å². The van der Waals surface area contributed by atoms with Gasteiger partial charge in [-0.1, -0.05) is 12.1 Å². The molecular weight excluding hydrogens is 468 g/mol. The molecule has 2 aromatic heterocycles. The third-order valence-electron chi connectivity index (χ3n) is 6.65. The second kappa shape index (κ2) is 8.37. The number of fused-ring (bicyclic) bond motifs is 1. The molecule has 5 rings (SSSR count). The predicted octanol–water partition coefficient (Wildman–Crippen LogP) is 5.01. The van der Waals surface area contributed by atoms with E-state index in [1.54, 1.807) is 4.90 Å². The monoisotopic (exact) mass is 496 g/mol. The first kappa shape index (κ1) is 23.3. The lowest BCUT2D eigenvalue weighted by Crippen LogP contribution is -2.43. The number of imidazole rings is 1. The van der Waals surface area contributed by atoms with Gasteiger partial charge in [0.2, 0.25) is 5.95 Å². The van der Waals surface area contributed by atoms with E-state index < -0.39 is 11.6 Å². The fourth-order valence-electron chi connectivity index (χ4n) is 5.11. The lowest BCUT2D eigenvalue weighted by molar-refractivity contribution is 0.0199. The van der Waals surface area contributed by atoms with E-state index in [0.29, 0.717) is 23.9 Å². The zero-order valence-corrected chi connectivity index (χ0v) is 20.7. The number of amides is 2. The van der Waals surface area contributed by atoms with Crippen LogP contribution in [0.3, 0.4) is 0 Å². The summed E-state index contributed by atoms with van der Waals surface area (Å²) in [7, 11) is 0. The zero-order chi connectivity index (χ0) is 25.0. The van der Waals surface area contributed by atoms with Gasteiger partial charge in [0.05, 0.1) is 15.9 Å². The Balaban J connectivity index is 1.34. The Morgan fingerprint density at radius 3 is 2.54 bits per heavy atom. The first-order valence-electron chi connectivity index (χ1n) is 11.6. The number of rotatable bonds is 4. The Hall–Kier alpha value is -3.40. The topological polar surface area (TPSA) is 114 Å². The number of carbonyl (C=O) groups is 3. The first-order chi connectivity index (χ1) is 16.5. The van der Waals surface area contributed by atoms with Gasteiger partial charge in [0.25, 0.3) is 5.91 Å². The van der Waals surface area contributed by atoms with Gasteiger partial charge in [-0.2, -0.15) is 0 Å². The Bertz CT molecular complexity index is 1310. The molecule has 3 heterocycles. The number of carboxylic acid groups (broad SMARTS) is 1. The number of aromatic carboxylic acids is 1. The number of para-hydroxylation sites is 2. The maximum Gasteiger partial charge on any atom is 0.410 e. The van der Waals surface area contributed by atoms with Crippen molar-refractivity contribution in [2.45, 2.75) is 51.7 Å². The molecule has 3 aromatic rings. The van der Waals surface area contributed by atoms with Crippen LogP contribution in [0.4, 0.5) is 10.7 Å². The SMILES string of the molecule is CC(C)(C)OC(=O)N1CC[C@]2(C1)C[C@H](n1c(NC(=O)c3ccc(C(=O)O)s3)nc3ccccc31)C2. The van der Waals surface area contributed by atoms with Crippen LogP contribution in [0.25, 0.3) is 11.0 Å². The number of hydrogen-bond donors (Lipinski definition) is 2.